The van der Waals surface area contributed by atoms with Crippen molar-refractivity contribution in [3.8, 4) is 11.8 Å². The highest BCUT2D eigenvalue weighted by Crippen LogP contribution is 2.26. The summed E-state index contributed by atoms with van der Waals surface area (Å²) in [6, 6.07) is 16.2. The molecule has 0 unspecified atom stereocenters. The number of nitriles is 1. The Morgan fingerprint density at radius 3 is 2.39 bits per heavy atom. The van der Waals surface area contributed by atoms with Crippen molar-refractivity contribution in [1.82, 2.24) is 4.57 Å². The fourth-order valence-electron chi connectivity index (χ4n) is 3.49. The van der Waals surface area contributed by atoms with E-state index in [1.807, 2.05) is 62.6 Å². The lowest BCUT2D eigenvalue weighted by molar-refractivity contribution is -0.112. The zero-order valence-electron chi connectivity index (χ0n) is 17.9. The van der Waals surface area contributed by atoms with Crippen molar-refractivity contribution in [2.75, 3.05) is 5.32 Å². The van der Waals surface area contributed by atoms with Crippen LogP contribution in [0.4, 0.5) is 5.69 Å². The van der Waals surface area contributed by atoms with Gasteiger partial charge >= 0.3 is 5.97 Å². The van der Waals surface area contributed by atoms with Crippen LogP contribution >= 0.6 is 0 Å². The van der Waals surface area contributed by atoms with E-state index >= 15 is 0 Å². The third kappa shape index (κ3) is 4.41. The molecular weight excluding hydrogens is 390 g/mol. The van der Waals surface area contributed by atoms with E-state index in [0.717, 1.165) is 28.2 Å². The Morgan fingerprint density at radius 2 is 1.74 bits per heavy atom. The zero-order chi connectivity index (χ0) is 22.7. The number of hydrogen-bond donors (Lipinski definition) is 2. The predicted octanol–water partition coefficient (Wildman–Crippen LogP) is 4.95. The molecule has 0 spiro atoms. The third-order valence-electron chi connectivity index (χ3n) is 5.23. The number of nitrogens with one attached hydrogen (secondary N) is 1. The number of aromatic nitrogens is 1. The van der Waals surface area contributed by atoms with Crippen LogP contribution < -0.4 is 5.32 Å². The molecule has 0 aliphatic heterocycles. The number of aromatic carboxylic acids is 1. The third-order valence-corrected chi connectivity index (χ3v) is 5.23. The second kappa shape index (κ2) is 8.72. The highest BCUT2D eigenvalue weighted by atomic mass is 16.4. The van der Waals surface area contributed by atoms with Crippen molar-refractivity contribution in [3.05, 3.63) is 87.7 Å². The number of para-hydroxylation sites is 1. The van der Waals surface area contributed by atoms with Crippen LogP contribution in [0.25, 0.3) is 11.8 Å². The minimum Gasteiger partial charge on any atom is -0.478 e. The first-order valence-corrected chi connectivity index (χ1v) is 9.75. The molecule has 0 saturated heterocycles. The molecule has 0 fully saturated rings. The minimum atomic E-state index is -0.997. The number of benzene rings is 2. The van der Waals surface area contributed by atoms with Crippen LogP contribution in [0.15, 0.2) is 54.1 Å². The number of carboxylic acids is 1. The summed E-state index contributed by atoms with van der Waals surface area (Å²) in [6.07, 6.45) is 1.56. The van der Waals surface area contributed by atoms with E-state index in [0.29, 0.717) is 11.3 Å². The Balaban J connectivity index is 2.01. The van der Waals surface area contributed by atoms with Gasteiger partial charge in [-0.3, -0.25) is 4.79 Å². The number of amides is 1. The Labute approximate surface area is 181 Å². The molecule has 0 aliphatic carbocycles. The highest BCUT2D eigenvalue weighted by molar-refractivity contribution is 6.10. The maximum atomic E-state index is 12.7. The van der Waals surface area contributed by atoms with Gasteiger partial charge < -0.3 is 15.0 Å². The first-order valence-electron chi connectivity index (χ1n) is 9.75. The van der Waals surface area contributed by atoms with E-state index in [1.54, 1.807) is 30.3 Å². The van der Waals surface area contributed by atoms with Crippen molar-refractivity contribution in [1.29, 1.82) is 5.26 Å². The highest BCUT2D eigenvalue weighted by Gasteiger charge is 2.16. The van der Waals surface area contributed by atoms with Crippen LogP contribution in [-0.2, 0) is 4.79 Å². The lowest BCUT2D eigenvalue weighted by atomic mass is 10.1. The maximum Gasteiger partial charge on any atom is 0.335 e. The first kappa shape index (κ1) is 21.6. The van der Waals surface area contributed by atoms with Gasteiger partial charge in [-0.15, -0.1) is 0 Å². The molecule has 31 heavy (non-hydrogen) atoms. The second-order valence-corrected chi connectivity index (χ2v) is 7.41. The Morgan fingerprint density at radius 1 is 1.03 bits per heavy atom. The summed E-state index contributed by atoms with van der Waals surface area (Å²) in [4.78, 5) is 24.1. The molecule has 3 aromatic rings. The van der Waals surface area contributed by atoms with Gasteiger partial charge in [0.1, 0.15) is 11.6 Å². The number of hydrogen-bond acceptors (Lipinski definition) is 3. The number of carbonyl (C=O) groups is 2. The largest absolute Gasteiger partial charge is 0.478 e. The standard InChI is InChI=1S/C25H23N3O3/c1-15-7-5-6-8-22(15)27-24(29)21(14-26)12-20-11-17(3)28(18(20)4)23-13-19(25(30)31)10-9-16(23)2/h5-13H,1-4H3,(H,27,29)(H,30,31). The normalized spacial score (nSPS) is 11.1. The molecule has 1 heterocycles. The van der Waals surface area contributed by atoms with Crippen LogP contribution in [0.1, 0.15) is 38.4 Å². The van der Waals surface area contributed by atoms with Gasteiger partial charge in [-0.1, -0.05) is 24.3 Å². The van der Waals surface area contributed by atoms with Crippen molar-refractivity contribution < 1.29 is 14.7 Å². The molecule has 156 valence electrons. The van der Waals surface area contributed by atoms with Crippen LogP contribution in [0.2, 0.25) is 0 Å². The fourth-order valence-corrected chi connectivity index (χ4v) is 3.49. The van der Waals surface area contributed by atoms with Crippen molar-refractivity contribution in [2.45, 2.75) is 27.7 Å². The topological polar surface area (TPSA) is 95.1 Å². The number of carbonyl (C=O) groups excluding carboxylic acids is 1. The Kier molecular flexibility index (Phi) is 6.07. The van der Waals surface area contributed by atoms with Gasteiger partial charge in [0, 0.05) is 22.8 Å². The number of nitrogens with zero attached hydrogens (tertiary/aromatic N) is 2. The van der Waals surface area contributed by atoms with Gasteiger partial charge in [0.2, 0.25) is 0 Å². The van der Waals surface area contributed by atoms with Crippen LogP contribution in [0.3, 0.4) is 0 Å². The van der Waals surface area contributed by atoms with Crippen molar-refractivity contribution in [3.63, 3.8) is 0 Å². The summed E-state index contributed by atoms with van der Waals surface area (Å²) < 4.78 is 1.93. The molecule has 0 radical (unpaired) electrons. The Bertz CT molecular complexity index is 1260. The van der Waals surface area contributed by atoms with Gasteiger partial charge in [-0.25, -0.2) is 4.79 Å². The van der Waals surface area contributed by atoms with Gasteiger partial charge in [0.25, 0.3) is 5.91 Å². The number of rotatable bonds is 5. The molecule has 1 amide bonds. The molecular formula is C25H23N3O3. The lowest BCUT2D eigenvalue weighted by Crippen LogP contribution is -2.14. The minimum absolute atomic E-state index is 0.0143. The maximum absolute atomic E-state index is 12.7. The first-order chi connectivity index (χ1) is 14.7. The molecule has 6 nitrogen and oxygen atoms in total. The Hall–Kier alpha value is -4.11. The smallest absolute Gasteiger partial charge is 0.335 e. The van der Waals surface area contributed by atoms with E-state index in [-0.39, 0.29) is 11.1 Å². The van der Waals surface area contributed by atoms with Crippen LogP contribution in [0.5, 0.6) is 0 Å². The van der Waals surface area contributed by atoms with Crippen molar-refractivity contribution in [2.24, 2.45) is 0 Å². The molecule has 0 bridgehead atoms. The molecule has 2 N–H and O–H groups in total. The summed E-state index contributed by atoms with van der Waals surface area (Å²) in [5.41, 5.74) is 5.79. The molecule has 3 rings (SSSR count). The van der Waals surface area contributed by atoms with Crippen LogP contribution in [0, 0.1) is 39.0 Å². The summed E-state index contributed by atoms with van der Waals surface area (Å²) in [6.45, 7) is 7.56. The molecule has 1 aromatic heterocycles. The molecule has 0 aliphatic rings. The molecule has 0 saturated carbocycles. The van der Waals surface area contributed by atoms with Gasteiger partial charge in [-0.2, -0.15) is 5.26 Å². The summed E-state index contributed by atoms with van der Waals surface area (Å²) in [5, 5.41) is 21.7. The molecule has 6 heteroatoms. The second-order valence-electron chi connectivity index (χ2n) is 7.41. The molecule has 2 aromatic carbocycles. The van der Waals surface area contributed by atoms with Gasteiger partial charge in [-0.05, 0) is 74.7 Å². The fraction of sp³-hybridized carbons (Fsp3) is 0.160. The van der Waals surface area contributed by atoms with E-state index in [9.17, 15) is 20.0 Å². The summed E-state index contributed by atoms with van der Waals surface area (Å²) >= 11 is 0. The average molecular weight is 413 g/mol. The van der Waals surface area contributed by atoms with Crippen LogP contribution in [-0.4, -0.2) is 21.6 Å². The monoisotopic (exact) mass is 413 g/mol. The predicted molar refractivity (Wildman–Crippen MR) is 120 cm³/mol. The number of carboxylic acid groups (broad SMARTS) is 1. The van der Waals surface area contributed by atoms with Gasteiger partial charge in [0.15, 0.2) is 0 Å². The average Bonchev–Trinajstić information content (AvgIpc) is 3.01. The number of aryl methyl sites for hydroxylation is 3. The summed E-state index contributed by atoms with van der Waals surface area (Å²) in [7, 11) is 0. The molecule has 0 atom stereocenters. The van der Waals surface area contributed by atoms with Crippen molar-refractivity contribution >= 4 is 23.6 Å². The SMILES string of the molecule is Cc1ccccc1NC(=O)C(C#N)=Cc1cc(C)n(-c2cc(C(=O)O)ccc2C)c1C. The summed E-state index contributed by atoms with van der Waals surface area (Å²) in [5.74, 6) is -1.48. The zero-order valence-corrected chi connectivity index (χ0v) is 17.9. The van der Waals surface area contributed by atoms with E-state index in [2.05, 4.69) is 5.32 Å². The lowest BCUT2D eigenvalue weighted by Gasteiger charge is -2.13. The quantitative estimate of drug-likeness (QED) is 0.457. The van der Waals surface area contributed by atoms with Gasteiger partial charge in [0.05, 0.1) is 5.56 Å². The van der Waals surface area contributed by atoms with E-state index < -0.39 is 11.9 Å². The van der Waals surface area contributed by atoms with E-state index in [4.69, 9.17) is 0 Å². The van der Waals surface area contributed by atoms with E-state index in [1.165, 1.54) is 0 Å². The number of anilines is 1.